The molecule has 18 aromatic rings. The highest BCUT2D eigenvalue weighted by Crippen LogP contribution is 2.66. The predicted octanol–water partition coefficient (Wildman–Crippen LogP) is 24.2. The van der Waals surface area contributed by atoms with Gasteiger partial charge in [0.05, 0.1) is 38.9 Å². The van der Waals surface area contributed by atoms with Gasteiger partial charge in [-0.2, -0.15) is 0 Å². The molecule has 0 radical (unpaired) electrons. The molecule has 0 amide bonds. The maximum absolute atomic E-state index is 2.65. The van der Waals surface area contributed by atoms with E-state index in [1.165, 1.54) is 138 Å². The Morgan fingerprint density at radius 3 is 0.926 bits per heavy atom. The van der Waals surface area contributed by atoms with Crippen LogP contribution in [0.3, 0.4) is 0 Å². The summed E-state index contributed by atoms with van der Waals surface area (Å²) in [4.78, 5) is 5.29. The van der Waals surface area contributed by atoms with E-state index in [9.17, 15) is 0 Å². The lowest BCUT2D eigenvalue weighted by molar-refractivity contribution is 0.794. The highest BCUT2D eigenvalue weighted by molar-refractivity contribution is 7.00. The largest absolute Gasteiger partial charge is 0.311 e. The molecule has 4 aliphatic carbocycles. The van der Waals surface area contributed by atoms with Crippen LogP contribution in [-0.4, -0.2) is 11.3 Å². The minimum atomic E-state index is -0.510. The van der Waals surface area contributed by atoms with Crippen LogP contribution in [0, 0.1) is 0 Å². The molecule has 2 spiro atoms. The average molecular weight is 1370 g/mol. The first kappa shape index (κ1) is 59.6. The molecular weight excluding hydrogens is 1300 g/mol. The molecule has 0 unspecified atom stereocenters. The Labute approximate surface area is 627 Å². The van der Waals surface area contributed by atoms with Crippen molar-refractivity contribution in [1.82, 2.24) is 4.57 Å². The normalized spacial score (nSPS) is 14.0. The number of fused-ring (bicyclic) bond motifs is 27. The Balaban J connectivity index is 0.826. The molecular formula is C104H64BN3. The van der Waals surface area contributed by atoms with E-state index < -0.39 is 10.8 Å². The SMILES string of the molecule is c1ccc(-c2ccccc2N2c3ccc(-c4cccc5c4-c4ccccc4C54c5ccccc5-c5ccccc54)cc3B3c4cc(-c5cccc6c5-c5ccccc5C65c6ccccc6-c6ccccc65)ccc4N(c4ccccc4-c4ccccc4)c4cc(-n5c6ccccc6c6ccccc65)cc2c43)cc1. The Kier molecular flexibility index (Phi) is 12.3. The highest BCUT2D eigenvalue weighted by Gasteiger charge is 2.55. The lowest BCUT2D eigenvalue weighted by atomic mass is 9.33. The zero-order valence-electron chi connectivity index (χ0n) is 58.9. The molecule has 0 saturated carbocycles. The predicted molar refractivity (Wildman–Crippen MR) is 449 cm³/mol. The maximum Gasteiger partial charge on any atom is 0.252 e. The van der Waals surface area contributed by atoms with E-state index in [0.717, 1.165) is 73.1 Å². The maximum atomic E-state index is 2.65. The number of nitrogens with zero attached hydrogens (tertiary/aromatic N) is 3. The minimum Gasteiger partial charge on any atom is -0.311 e. The third-order valence-electron chi connectivity index (χ3n) is 25.0. The van der Waals surface area contributed by atoms with Gasteiger partial charge in [0, 0.05) is 44.6 Å². The standard InChI is InChI=1S/C104H64BN3/c1-3-29-65(30-4-1)70-33-13-23-53-92(70)107-96-59-57-67(72-43-27-51-88-100(72)80-41-11-21-49-86(80)103(88)82-45-17-7-35-74(82)75-36-8-18-46-83(75)103)61-90(96)105-91-62-68(73-44-28-52-89-101(73)81-42-12-22-50-87(81)104(89)84-47-19-9-37-76(84)77-38-10-20-48-85(77)104)58-60-97(91)108(93-54-24-14-34-71(93)66-31-5-2-6-32-66)99-64-69(63-98(107)102(99)105)106-94-55-25-15-39-78(94)79-40-16-26-56-95(79)106/h1-64H. The van der Waals surface area contributed by atoms with Crippen molar-refractivity contribution in [3.63, 3.8) is 0 Å². The van der Waals surface area contributed by atoms with Crippen LogP contribution < -0.4 is 26.2 Å². The summed E-state index contributed by atoms with van der Waals surface area (Å²) in [6, 6.07) is 148. The van der Waals surface area contributed by atoms with Gasteiger partial charge in [-0.15, -0.1) is 0 Å². The number of hydrogen-bond donors (Lipinski definition) is 0. The van der Waals surface area contributed by atoms with Crippen LogP contribution in [-0.2, 0) is 10.8 Å². The summed E-state index contributed by atoms with van der Waals surface area (Å²) in [5.41, 5.74) is 43.2. The molecule has 3 nitrogen and oxygen atoms in total. The quantitative estimate of drug-likeness (QED) is 0.147. The number of para-hydroxylation sites is 4. The molecule has 108 heavy (non-hydrogen) atoms. The molecule has 17 aromatic carbocycles. The van der Waals surface area contributed by atoms with E-state index in [4.69, 9.17) is 0 Å². The van der Waals surface area contributed by atoms with Gasteiger partial charge in [-0.1, -0.05) is 340 Å². The molecule has 0 saturated heterocycles. The van der Waals surface area contributed by atoms with Crippen molar-refractivity contribution in [2.45, 2.75) is 10.8 Å². The van der Waals surface area contributed by atoms with Crippen molar-refractivity contribution in [1.29, 1.82) is 0 Å². The first-order valence-corrected chi connectivity index (χ1v) is 37.8. The van der Waals surface area contributed by atoms with Gasteiger partial charge in [0.1, 0.15) is 0 Å². The molecule has 6 aliphatic rings. The van der Waals surface area contributed by atoms with Gasteiger partial charge in [0.15, 0.2) is 0 Å². The monoisotopic (exact) mass is 1370 g/mol. The second-order valence-corrected chi connectivity index (χ2v) is 29.9. The summed E-state index contributed by atoms with van der Waals surface area (Å²) in [6.45, 7) is -0.291. The second kappa shape index (κ2) is 22.4. The third kappa shape index (κ3) is 7.77. The molecule has 1 aromatic heterocycles. The molecule has 498 valence electrons. The van der Waals surface area contributed by atoms with Crippen LogP contribution in [0.1, 0.15) is 44.5 Å². The van der Waals surface area contributed by atoms with Gasteiger partial charge in [0.2, 0.25) is 0 Å². The lowest BCUT2D eigenvalue weighted by Crippen LogP contribution is -2.61. The fourth-order valence-corrected chi connectivity index (χ4v) is 21.0. The van der Waals surface area contributed by atoms with Crippen molar-refractivity contribution in [2.24, 2.45) is 0 Å². The number of rotatable bonds is 7. The van der Waals surface area contributed by atoms with Gasteiger partial charge in [0.25, 0.3) is 6.71 Å². The molecule has 0 fully saturated rings. The van der Waals surface area contributed by atoms with E-state index in [1.807, 2.05) is 0 Å². The van der Waals surface area contributed by atoms with Crippen molar-refractivity contribution in [3.05, 3.63) is 433 Å². The van der Waals surface area contributed by atoms with E-state index in [-0.39, 0.29) is 6.71 Å². The van der Waals surface area contributed by atoms with Gasteiger partial charge in [-0.25, -0.2) is 0 Å². The van der Waals surface area contributed by atoms with Crippen LogP contribution in [0.25, 0.3) is 117 Å². The van der Waals surface area contributed by atoms with Crippen molar-refractivity contribution in [2.75, 3.05) is 9.80 Å². The highest BCUT2D eigenvalue weighted by atomic mass is 15.2. The van der Waals surface area contributed by atoms with Crippen LogP contribution in [0.15, 0.2) is 388 Å². The van der Waals surface area contributed by atoms with Crippen LogP contribution in [0.5, 0.6) is 0 Å². The molecule has 2 aliphatic heterocycles. The summed E-state index contributed by atoms with van der Waals surface area (Å²) < 4.78 is 2.53. The van der Waals surface area contributed by atoms with Gasteiger partial charge in [-0.3, -0.25) is 0 Å². The molecule has 0 N–H and O–H groups in total. The Hall–Kier alpha value is -13.8. The number of anilines is 6. The van der Waals surface area contributed by atoms with Crippen molar-refractivity contribution < 1.29 is 0 Å². The summed E-state index contributed by atoms with van der Waals surface area (Å²) in [5.74, 6) is 0. The Morgan fingerprint density at radius 2 is 0.519 bits per heavy atom. The summed E-state index contributed by atoms with van der Waals surface area (Å²) in [6.07, 6.45) is 0. The molecule has 24 rings (SSSR count). The number of hydrogen-bond acceptors (Lipinski definition) is 2. The number of benzene rings is 17. The first-order chi connectivity index (χ1) is 53.6. The van der Waals surface area contributed by atoms with Crippen LogP contribution in [0.2, 0.25) is 0 Å². The van der Waals surface area contributed by atoms with E-state index in [1.54, 1.807) is 0 Å². The smallest absolute Gasteiger partial charge is 0.252 e. The van der Waals surface area contributed by atoms with Crippen LogP contribution in [0.4, 0.5) is 34.1 Å². The summed E-state index contributed by atoms with van der Waals surface area (Å²) in [7, 11) is 0. The molecule has 4 heteroatoms. The van der Waals surface area contributed by atoms with E-state index in [0.29, 0.717) is 0 Å². The average Bonchev–Trinajstić information content (AvgIpc) is 1.51. The summed E-state index contributed by atoms with van der Waals surface area (Å²) >= 11 is 0. The first-order valence-electron chi connectivity index (χ1n) is 37.8. The van der Waals surface area contributed by atoms with E-state index in [2.05, 4.69) is 403 Å². The molecule has 0 atom stereocenters. The van der Waals surface area contributed by atoms with E-state index >= 15 is 0 Å². The number of aromatic nitrogens is 1. The molecule has 0 bridgehead atoms. The third-order valence-corrected chi connectivity index (χ3v) is 25.0. The molecule has 3 heterocycles. The lowest BCUT2D eigenvalue weighted by Gasteiger charge is -2.45. The Morgan fingerprint density at radius 1 is 0.204 bits per heavy atom. The zero-order chi connectivity index (χ0) is 70.5. The summed E-state index contributed by atoms with van der Waals surface area (Å²) in [5, 5.41) is 2.44. The minimum absolute atomic E-state index is 0.291. The van der Waals surface area contributed by atoms with Gasteiger partial charge >= 0.3 is 0 Å². The fraction of sp³-hybridized carbons (Fsp3) is 0.0192. The Bertz CT molecular complexity index is 6420. The van der Waals surface area contributed by atoms with Crippen molar-refractivity contribution in [3.8, 4) is 94.7 Å². The second-order valence-electron chi connectivity index (χ2n) is 29.9. The fourth-order valence-electron chi connectivity index (χ4n) is 21.0. The van der Waals surface area contributed by atoms with Gasteiger partial charge in [-0.05, 0) is 187 Å². The van der Waals surface area contributed by atoms with Gasteiger partial charge < -0.3 is 14.4 Å². The topological polar surface area (TPSA) is 11.4 Å². The van der Waals surface area contributed by atoms with Crippen LogP contribution >= 0.6 is 0 Å². The zero-order valence-corrected chi connectivity index (χ0v) is 58.9. The van der Waals surface area contributed by atoms with Crippen molar-refractivity contribution >= 4 is 79.0 Å².